The molecule has 22 nitrogen and oxygen atoms in total. The first kappa shape index (κ1) is 74.9. The number of anilines is 2. The number of ketones is 3. The van der Waals surface area contributed by atoms with Crippen LogP contribution >= 0.6 is 0 Å². The molecule has 17 atom stereocenters. The molecule has 5 aliphatic heterocycles. The van der Waals surface area contributed by atoms with Crippen molar-refractivity contribution in [3.63, 3.8) is 0 Å². The number of piperidine rings is 1. The number of carbonyl (C=O) groups is 5. The van der Waals surface area contributed by atoms with Crippen LogP contribution in [-0.2, 0) is 63.7 Å². The number of rotatable bonds is 12. The molecule has 1 aromatic carbocycles. The number of ether oxygens (including phenoxy) is 8. The topological polar surface area (TPSA) is 268 Å². The maximum absolute atomic E-state index is 14.9. The molecule has 0 spiro atoms. The zero-order chi connectivity index (χ0) is 69.8. The fourth-order valence-electron chi connectivity index (χ4n) is 14.8. The Balaban J connectivity index is 1.02. The number of cyclic esters (lactones) is 1. The molecule has 3 aromatic rings. The Morgan fingerprint density at radius 2 is 1.51 bits per heavy atom. The van der Waals surface area contributed by atoms with E-state index in [2.05, 4.69) is 23.6 Å². The smallest absolute Gasteiger partial charge is 0.329 e. The molecule has 7 heterocycles. The van der Waals surface area contributed by atoms with Gasteiger partial charge in [0.05, 0.1) is 87.7 Å². The van der Waals surface area contributed by atoms with Crippen LogP contribution < -0.4 is 14.5 Å². The lowest BCUT2D eigenvalue weighted by atomic mass is 9.78. The standard InChI is InChI=1S/C75H106N6O16/c1-44-18-14-13-15-19-45(2)63(95-43-55-38-54(23-28-62(55)90-10)58-26-25-57-70(76-58)77-74(80-31-33-94-42-52(80)9)78-71(57)79-30-32-93-41-51(79)8)39-56-24-21-50(7)75(89,97-56)69(86)72(87)81-29-17-16-20-59(81)73(88)96-64(47(4)36-53-22-27-60(82)65(37-53)91-11)40-61(83)46(3)35-49(6)67(85)68(92-12)66(84)48(5)34-44/h13-15,18-19,23,25-26,28,35,38,44,46-48,50-53,56,59-60,63-65,67-68,82,85,89H,16-17,20-22,24,27,29-34,36-37,39-43H2,1-12H3/b15-13+,18-14+,45-19-,49-35+/t44-,46-,47?,48-,50-,51+,52+,53-,56+,59+,60-,63?,64+,65-,67-,68+,75-/m1/s1. The number of aromatic nitrogens is 3. The van der Waals surface area contributed by atoms with E-state index in [-0.39, 0.29) is 79.9 Å². The molecule has 6 aliphatic rings. The first-order chi connectivity index (χ1) is 46.4. The van der Waals surface area contributed by atoms with Crippen molar-refractivity contribution in [1.29, 1.82) is 0 Å². The van der Waals surface area contributed by atoms with E-state index in [0.717, 1.165) is 27.9 Å². The van der Waals surface area contributed by atoms with Gasteiger partial charge in [0.1, 0.15) is 41.7 Å². The number of esters is 1. The van der Waals surface area contributed by atoms with Gasteiger partial charge in [-0.05, 0) is 151 Å². The van der Waals surface area contributed by atoms with E-state index in [1.54, 1.807) is 41.1 Å². The lowest BCUT2D eigenvalue weighted by Gasteiger charge is -2.43. The van der Waals surface area contributed by atoms with Crippen molar-refractivity contribution in [2.24, 2.45) is 35.5 Å². The predicted octanol–water partition coefficient (Wildman–Crippen LogP) is 9.22. The molecule has 2 unspecified atom stereocenters. The van der Waals surface area contributed by atoms with Crippen LogP contribution in [0.3, 0.4) is 0 Å². The number of Topliss-reactive ketones (excluding diaryl/α,β-unsaturated/α-hetero) is 3. The van der Waals surface area contributed by atoms with Crippen LogP contribution in [0.5, 0.6) is 5.75 Å². The molecule has 9 rings (SSSR count). The highest BCUT2D eigenvalue weighted by Crippen LogP contribution is 2.40. The number of morpholine rings is 2. The van der Waals surface area contributed by atoms with Crippen LogP contribution in [0.25, 0.3) is 22.3 Å². The average Bonchev–Trinajstić information content (AvgIpc) is 0.774. The van der Waals surface area contributed by atoms with Crippen molar-refractivity contribution in [1.82, 2.24) is 19.9 Å². The van der Waals surface area contributed by atoms with Crippen molar-refractivity contribution in [3.05, 3.63) is 83.5 Å². The molecule has 97 heavy (non-hydrogen) atoms. The third-order valence-electron chi connectivity index (χ3n) is 21.0. The SMILES string of the molecule is COc1ccc(-c2ccc3c(N4CCOC[C@@H]4C)nc(N4CCOC[C@@H]4C)nc3n2)cc1COC1C[C@@H]2CC[C@@H](C)[C@@](O)(O2)C(=O)C(=O)N2CCCC[C@H]2C(=O)O[C@H](C(C)C[C@H]2CC[C@@H](O)[C@H](OC)C2)CC(=O)[C@H](C)/C=C(\C)[C@@H](O)[C@@H](OC)C(=O)[C@H](C)C[C@H](C)/C=C/C=C/C=C\1C. The number of aliphatic hydroxyl groups excluding tert-OH is 2. The van der Waals surface area contributed by atoms with E-state index < -0.39 is 83.9 Å². The maximum atomic E-state index is 14.9. The minimum atomic E-state index is -2.56. The number of fused-ring (bicyclic) bond motifs is 4. The number of pyridine rings is 1. The first-order valence-corrected chi connectivity index (χ1v) is 35.2. The van der Waals surface area contributed by atoms with Gasteiger partial charge in [-0.15, -0.1) is 0 Å². The number of methoxy groups -OCH3 is 3. The monoisotopic (exact) mass is 1350 g/mol. The molecular formula is C75H106N6O16. The van der Waals surface area contributed by atoms with Crippen molar-refractivity contribution in [2.75, 3.05) is 77.2 Å². The van der Waals surface area contributed by atoms with Gasteiger partial charge in [-0.2, -0.15) is 9.97 Å². The molecule has 5 fully saturated rings. The zero-order valence-corrected chi connectivity index (χ0v) is 59.1. The molecule has 3 N–H and O–H groups in total. The number of carbonyl (C=O) groups excluding carboxylic acids is 5. The highest BCUT2D eigenvalue weighted by Gasteiger charge is 2.53. The Morgan fingerprint density at radius 1 is 0.763 bits per heavy atom. The first-order valence-electron chi connectivity index (χ1n) is 35.2. The molecule has 1 aliphatic carbocycles. The fourth-order valence-corrected chi connectivity index (χ4v) is 14.8. The van der Waals surface area contributed by atoms with Crippen molar-refractivity contribution < 1.29 is 77.2 Å². The fraction of sp³-hybridized carbons (Fsp3) is 0.653. The van der Waals surface area contributed by atoms with E-state index in [9.17, 15) is 39.3 Å². The molecule has 22 heteroatoms. The van der Waals surface area contributed by atoms with Gasteiger partial charge in [0, 0.05) is 75.6 Å². The number of hydrogen-bond donors (Lipinski definition) is 3. The molecule has 1 amide bonds. The summed E-state index contributed by atoms with van der Waals surface area (Å²) < 4.78 is 48.7. The number of amides is 1. The Morgan fingerprint density at radius 3 is 2.22 bits per heavy atom. The highest BCUT2D eigenvalue weighted by atomic mass is 16.6. The highest BCUT2D eigenvalue weighted by molar-refractivity contribution is 6.39. The number of benzene rings is 1. The van der Waals surface area contributed by atoms with Crippen molar-refractivity contribution in [3.8, 4) is 17.0 Å². The van der Waals surface area contributed by atoms with Crippen LogP contribution in [-0.4, -0.2) is 198 Å². The quantitative estimate of drug-likeness (QED) is 0.0866. The van der Waals surface area contributed by atoms with Crippen LogP contribution in [0.2, 0.25) is 0 Å². The second kappa shape index (κ2) is 34.1. The molecule has 4 saturated heterocycles. The molecular weight excluding hydrogens is 1240 g/mol. The van der Waals surface area contributed by atoms with Gasteiger partial charge in [0.2, 0.25) is 11.7 Å². The third kappa shape index (κ3) is 18.2. The molecule has 2 bridgehead atoms. The van der Waals surface area contributed by atoms with Gasteiger partial charge in [-0.25, -0.2) is 9.78 Å². The summed E-state index contributed by atoms with van der Waals surface area (Å²) in [5.74, 6) is -6.66. The molecule has 0 radical (unpaired) electrons. The Bertz CT molecular complexity index is 3360. The number of nitrogens with zero attached hydrogens (tertiary/aromatic N) is 6. The van der Waals surface area contributed by atoms with Crippen LogP contribution in [0.15, 0.2) is 77.9 Å². The van der Waals surface area contributed by atoms with E-state index in [1.165, 1.54) is 12.0 Å². The summed E-state index contributed by atoms with van der Waals surface area (Å²) in [5, 5.41) is 35.7. The van der Waals surface area contributed by atoms with E-state index in [1.807, 2.05) is 88.4 Å². The summed E-state index contributed by atoms with van der Waals surface area (Å²) >= 11 is 0. The molecule has 1 saturated carbocycles. The van der Waals surface area contributed by atoms with Gasteiger partial charge in [0.25, 0.3) is 11.7 Å². The lowest BCUT2D eigenvalue weighted by molar-refractivity contribution is -0.266. The number of hydrogen-bond acceptors (Lipinski definition) is 21. The predicted molar refractivity (Wildman–Crippen MR) is 367 cm³/mol. The minimum Gasteiger partial charge on any atom is -0.496 e. The van der Waals surface area contributed by atoms with Crippen molar-refractivity contribution >= 4 is 52.0 Å². The van der Waals surface area contributed by atoms with E-state index >= 15 is 0 Å². The van der Waals surface area contributed by atoms with Crippen LogP contribution in [0.4, 0.5) is 11.8 Å². The summed E-state index contributed by atoms with van der Waals surface area (Å²) in [7, 11) is 4.54. The average molecular weight is 1350 g/mol. The van der Waals surface area contributed by atoms with E-state index in [0.29, 0.717) is 126 Å². The zero-order valence-electron chi connectivity index (χ0n) is 59.1. The Labute approximate surface area is 572 Å². The lowest BCUT2D eigenvalue weighted by Crippen LogP contribution is -2.61. The Hall–Kier alpha value is -6.34. The number of allylic oxidation sites excluding steroid dienone is 6. The minimum absolute atomic E-state index is 0.0370. The largest absolute Gasteiger partial charge is 0.496 e. The Kier molecular flexibility index (Phi) is 26.4. The van der Waals surface area contributed by atoms with Gasteiger partial charge in [-0.3, -0.25) is 19.2 Å². The summed E-state index contributed by atoms with van der Waals surface area (Å²) in [6, 6.07) is 8.75. The van der Waals surface area contributed by atoms with Gasteiger partial charge >= 0.3 is 5.97 Å². The van der Waals surface area contributed by atoms with Crippen LogP contribution in [0, 0.1) is 35.5 Å². The van der Waals surface area contributed by atoms with Gasteiger partial charge in [-0.1, -0.05) is 71.1 Å². The van der Waals surface area contributed by atoms with Gasteiger partial charge < -0.3 is 67.9 Å². The maximum Gasteiger partial charge on any atom is 0.329 e. The summed E-state index contributed by atoms with van der Waals surface area (Å²) in [6.45, 7) is 20.6. The normalized spacial score (nSPS) is 34.4. The molecule has 532 valence electrons. The van der Waals surface area contributed by atoms with Gasteiger partial charge in [0.15, 0.2) is 11.4 Å². The summed E-state index contributed by atoms with van der Waals surface area (Å²) in [6.07, 6.45) is 9.94. The van der Waals surface area contributed by atoms with Crippen molar-refractivity contribution in [2.45, 2.75) is 213 Å². The summed E-state index contributed by atoms with van der Waals surface area (Å²) in [5.41, 5.74) is 3.89. The van der Waals surface area contributed by atoms with Crippen LogP contribution in [0.1, 0.15) is 145 Å². The van der Waals surface area contributed by atoms with E-state index in [4.69, 9.17) is 52.8 Å². The second-order valence-corrected chi connectivity index (χ2v) is 28.3. The number of aliphatic hydroxyl groups is 3. The third-order valence-corrected chi connectivity index (χ3v) is 21.0. The summed E-state index contributed by atoms with van der Waals surface area (Å²) in [4.78, 5) is 94.1. The molecule has 2 aromatic heterocycles. The second-order valence-electron chi connectivity index (χ2n) is 28.3.